The van der Waals surface area contributed by atoms with E-state index in [0.717, 1.165) is 57.8 Å². The summed E-state index contributed by atoms with van der Waals surface area (Å²) in [4.78, 5) is 71.6. The second kappa shape index (κ2) is 24.8. The number of rotatable bonds is 29. The maximum absolute atomic E-state index is 13.0. The van der Waals surface area contributed by atoms with Gasteiger partial charge in [-0.1, -0.05) is 78.6 Å². The molecular formula is C34H59NO13. The largest absolute Gasteiger partial charge is 0.481 e. The molecule has 0 aromatic rings. The molecule has 0 aromatic heterocycles. The van der Waals surface area contributed by atoms with Crippen molar-refractivity contribution in [3.05, 3.63) is 0 Å². The molecule has 0 aliphatic carbocycles. The van der Waals surface area contributed by atoms with Crippen LogP contribution in [0.2, 0.25) is 0 Å². The molecule has 0 aliphatic rings. The second-order valence-electron chi connectivity index (χ2n) is 13.2. The predicted molar refractivity (Wildman–Crippen MR) is 175 cm³/mol. The van der Waals surface area contributed by atoms with Gasteiger partial charge in [0.1, 0.15) is 12.2 Å². The number of aliphatic carboxylic acids is 4. The molecule has 278 valence electrons. The number of esters is 2. The molecule has 0 radical (unpaired) electrons. The normalized spacial score (nSPS) is 16.4. The Bertz CT molecular complexity index is 1000. The van der Waals surface area contributed by atoms with Gasteiger partial charge in [0.05, 0.1) is 43.6 Å². The quantitative estimate of drug-likeness (QED) is 0.0463. The van der Waals surface area contributed by atoms with Crippen molar-refractivity contribution in [1.82, 2.24) is 0 Å². The molecule has 48 heavy (non-hydrogen) atoms. The fourth-order valence-corrected chi connectivity index (χ4v) is 5.56. The highest BCUT2D eigenvalue weighted by molar-refractivity contribution is 5.83. The van der Waals surface area contributed by atoms with Crippen LogP contribution in [-0.2, 0) is 38.2 Å². The number of carbonyl (C=O) groups is 6. The molecule has 0 fully saturated rings. The van der Waals surface area contributed by atoms with Crippen LogP contribution in [0.3, 0.4) is 0 Å². The van der Waals surface area contributed by atoms with E-state index in [2.05, 4.69) is 0 Å². The third-order valence-corrected chi connectivity index (χ3v) is 8.55. The van der Waals surface area contributed by atoms with E-state index in [-0.39, 0.29) is 24.3 Å². The zero-order valence-corrected chi connectivity index (χ0v) is 29.0. The molecule has 0 heterocycles. The Morgan fingerprint density at radius 3 is 1.52 bits per heavy atom. The van der Waals surface area contributed by atoms with Crippen LogP contribution in [0.25, 0.3) is 0 Å². The first kappa shape index (κ1) is 44.7. The molecule has 0 spiro atoms. The lowest BCUT2D eigenvalue weighted by Crippen LogP contribution is -2.42. The summed E-state index contributed by atoms with van der Waals surface area (Å²) in [6.45, 7) is 7.49. The lowest BCUT2D eigenvalue weighted by molar-refractivity contribution is -0.177. The van der Waals surface area contributed by atoms with Gasteiger partial charge in [0.25, 0.3) is 0 Å². The number of nitrogens with two attached hydrogens (primary N) is 1. The van der Waals surface area contributed by atoms with Gasteiger partial charge in [-0.2, -0.15) is 0 Å². The van der Waals surface area contributed by atoms with Gasteiger partial charge < -0.3 is 40.7 Å². The average molecular weight is 690 g/mol. The summed E-state index contributed by atoms with van der Waals surface area (Å²) in [5, 5.41) is 46.9. The highest BCUT2D eigenvalue weighted by Gasteiger charge is 2.36. The van der Waals surface area contributed by atoms with Gasteiger partial charge in [-0.3, -0.25) is 28.8 Å². The van der Waals surface area contributed by atoms with Crippen molar-refractivity contribution in [3.8, 4) is 0 Å². The van der Waals surface area contributed by atoms with Crippen LogP contribution in [0.5, 0.6) is 0 Å². The summed E-state index contributed by atoms with van der Waals surface area (Å²) < 4.78 is 11.5. The Morgan fingerprint density at radius 1 is 0.625 bits per heavy atom. The van der Waals surface area contributed by atoms with E-state index in [1.165, 1.54) is 0 Å². The topological polar surface area (TPSA) is 248 Å². The van der Waals surface area contributed by atoms with Crippen LogP contribution < -0.4 is 5.73 Å². The van der Waals surface area contributed by atoms with E-state index in [1.54, 1.807) is 13.8 Å². The third-order valence-electron chi connectivity index (χ3n) is 8.55. The molecule has 7 N–H and O–H groups in total. The van der Waals surface area contributed by atoms with Gasteiger partial charge in [0.2, 0.25) is 0 Å². The zero-order valence-electron chi connectivity index (χ0n) is 29.0. The van der Waals surface area contributed by atoms with Crippen LogP contribution in [0.15, 0.2) is 0 Å². The highest BCUT2D eigenvalue weighted by Crippen LogP contribution is 2.29. The number of aliphatic hydroxyl groups excluding tert-OH is 1. The van der Waals surface area contributed by atoms with Crippen molar-refractivity contribution in [2.24, 2.45) is 29.4 Å². The maximum Gasteiger partial charge on any atom is 0.307 e. The SMILES string of the molecule is CCCC[C@@H](C)[C@@H](OC(=O)C[C@@H](CC(=O)O)C(=O)O)[C@H](C[C@@H](C)CCCCCCCC[C@@H](O)[C@H](C)N)OC(=O)C[C@@H](CC(=O)O)C(=O)O. The minimum absolute atomic E-state index is 0.0309. The molecule has 0 saturated heterocycles. The van der Waals surface area contributed by atoms with Crippen molar-refractivity contribution < 1.29 is 63.8 Å². The van der Waals surface area contributed by atoms with E-state index in [1.807, 2.05) is 13.8 Å². The number of ether oxygens (including phenoxy) is 2. The summed E-state index contributed by atoms with van der Waals surface area (Å²) in [7, 11) is 0. The van der Waals surface area contributed by atoms with E-state index in [0.29, 0.717) is 12.8 Å². The molecular weight excluding hydrogens is 630 g/mol. The lowest BCUT2D eigenvalue weighted by atomic mass is 9.87. The summed E-state index contributed by atoms with van der Waals surface area (Å²) in [6.07, 6.45) is 3.89. The molecule has 0 unspecified atom stereocenters. The molecule has 14 heteroatoms. The molecule has 0 amide bonds. The van der Waals surface area contributed by atoms with E-state index >= 15 is 0 Å². The smallest absolute Gasteiger partial charge is 0.307 e. The Morgan fingerprint density at radius 2 is 1.08 bits per heavy atom. The van der Waals surface area contributed by atoms with E-state index < -0.39 is 91.6 Å². The first-order valence-corrected chi connectivity index (χ1v) is 17.2. The molecule has 0 aromatic carbocycles. The Hall–Kier alpha value is -3.26. The van der Waals surface area contributed by atoms with Gasteiger partial charge in [-0.15, -0.1) is 0 Å². The maximum atomic E-state index is 13.0. The number of carboxylic acid groups (broad SMARTS) is 4. The molecule has 0 aliphatic heterocycles. The summed E-state index contributed by atoms with van der Waals surface area (Å²) in [6, 6.07) is -0.255. The summed E-state index contributed by atoms with van der Waals surface area (Å²) in [5.41, 5.74) is 5.69. The number of aliphatic hydroxyl groups is 1. The minimum Gasteiger partial charge on any atom is -0.481 e. The Labute approximate surface area is 283 Å². The number of carboxylic acids is 4. The monoisotopic (exact) mass is 689 g/mol. The fraction of sp³-hybridized carbons (Fsp3) is 0.824. The first-order valence-electron chi connectivity index (χ1n) is 17.2. The van der Waals surface area contributed by atoms with Gasteiger partial charge in [0.15, 0.2) is 0 Å². The van der Waals surface area contributed by atoms with Gasteiger partial charge in [0, 0.05) is 6.04 Å². The van der Waals surface area contributed by atoms with Crippen molar-refractivity contribution in [2.45, 2.75) is 155 Å². The molecule has 0 saturated carbocycles. The van der Waals surface area contributed by atoms with Gasteiger partial charge >= 0.3 is 35.8 Å². The first-order chi connectivity index (χ1) is 22.5. The Balaban J connectivity index is 5.80. The number of hydrogen-bond acceptors (Lipinski definition) is 10. The summed E-state index contributed by atoms with van der Waals surface area (Å²) in [5.74, 6) is -11.1. The van der Waals surface area contributed by atoms with Crippen molar-refractivity contribution >= 4 is 35.8 Å². The number of unbranched alkanes of at least 4 members (excludes halogenated alkanes) is 6. The van der Waals surface area contributed by atoms with Crippen LogP contribution in [-0.4, -0.2) is 85.7 Å². The van der Waals surface area contributed by atoms with Gasteiger partial charge in [-0.05, 0) is 38.0 Å². The van der Waals surface area contributed by atoms with E-state index in [4.69, 9.17) is 25.4 Å². The van der Waals surface area contributed by atoms with Crippen molar-refractivity contribution in [3.63, 3.8) is 0 Å². The lowest BCUT2D eigenvalue weighted by Gasteiger charge is -2.33. The number of hydrogen-bond donors (Lipinski definition) is 6. The molecule has 0 bridgehead atoms. The van der Waals surface area contributed by atoms with Gasteiger partial charge in [-0.25, -0.2) is 0 Å². The van der Waals surface area contributed by atoms with Crippen molar-refractivity contribution in [1.29, 1.82) is 0 Å². The number of carbonyl (C=O) groups excluding carboxylic acids is 2. The molecule has 14 nitrogen and oxygen atoms in total. The second-order valence-corrected chi connectivity index (χ2v) is 13.2. The van der Waals surface area contributed by atoms with Crippen LogP contribution in [0.4, 0.5) is 0 Å². The highest BCUT2D eigenvalue weighted by atomic mass is 16.6. The van der Waals surface area contributed by atoms with Crippen LogP contribution in [0.1, 0.15) is 130 Å². The minimum atomic E-state index is -1.53. The van der Waals surface area contributed by atoms with E-state index in [9.17, 15) is 44.1 Å². The predicted octanol–water partition coefficient (Wildman–Crippen LogP) is 4.62. The van der Waals surface area contributed by atoms with Crippen LogP contribution in [0, 0.1) is 23.7 Å². The zero-order chi connectivity index (χ0) is 36.8. The third kappa shape index (κ3) is 20.9. The Kier molecular flexibility index (Phi) is 23.1. The summed E-state index contributed by atoms with van der Waals surface area (Å²) >= 11 is 0. The average Bonchev–Trinajstić information content (AvgIpc) is 2.98. The molecule has 8 atom stereocenters. The van der Waals surface area contributed by atoms with Crippen LogP contribution >= 0.6 is 0 Å². The fourth-order valence-electron chi connectivity index (χ4n) is 5.56. The molecule has 0 rings (SSSR count). The van der Waals surface area contributed by atoms with Crippen molar-refractivity contribution in [2.75, 3.05) is 0 Å². The standard InChI is InChI=1S/C34H59NO13/c1-5-6-14-22(3)32(48-31(42)20-25(34(45)46)18-29(39)40)27(47-30(41)19-24(33(43)44)17-28(37)38)16-21(2)13-11-9-7-8-10-12-15-26(36)23(4)35/h21-27,32,36H,5-20,35H2,1-4H3,(H,37,38)(H,39,40)(H,43,44)(H,45,46)/t21-,22+,23-,24+,25+,26+,27-,32+/m0/s1.